The Morgan fingerprint density at radius 1 is 1.30 bits per heavy atom. The molecule has 0 radical (unpaired) electrons. The number of halogens is 1. The lowest BCUT2D eigenvalue weighted by molar-refractivity contribution is 0.0393. The van der Waals surface area contributed by atoms with E-state index < -0.39 is 0 Å². The van der Waals surface area contributed by atoms with Crippen LogP contribution in [0.1, 0.15) is 44.2 Å². The zero-order chi connectivity index (χ0) is 14.8. The quantitative estimate of drug-likeness (QED) is 0.899. The number of benzene rings is 1. The number of nitrogens with zero attached hydrogens (tertiary/aromatic N) is 1. The first kappa shape index (κ1) is 15.8. The van der Waals surface area contributed by atoms with E-state index >= 15 is 0 Å². The van der Waals surface area contributed by atoms with Crippen molar-refractivity contribution < 1.29 is 0 Å². The van der Waals surface area contributed by atoms with Crippen LogP contribution in [0.2, 0.25) is 5.02 Å². The van der Waals surface area contributed by atoms with Crippen LogP contribution in [0.15, 0.2) is 24.3 Å². The van der Waals surface area contributed by atoms with Crippen molar-refractivity contribution in [1.82, 2.24) is 10.2 Å². The Hall–Kier alpha value is -0.570. The lowest BCUT2D eigenvalue weighted by Crippen LogP contribution is -2.55. The van der Waals surface area contributed by atoms with Gasteiger partial charge in [-0.05, 0) is 57.6 Å². The summed E-state index contributed by atoms with van der Waals surface area (Å²) in [5, 5.41) is 4.37. The molecule has 20 heavy (non-hydrogen) atoms. The largest absolute Gasteiger partial charge is 0.311 e. The van der Waals surface area contributed by atoms with Gasteiger partial charge in [-0.15, -0.1) is 0 Å². The summed E-state index contributed by atoms with van der Waals surface area (Å²) < 4.78 is 0. The summed E-state index contributed by atoms with van der Waals surface area (Å²) in [7, 11) is 6.51. The van der Waals surface area contributed by atoms with Crippen LogP contribution in [0.4, 0.5) is 0 Å². The smallest absolute Gasteiger partial charge is 0.0504 e. The van der Waals surface area contributed by atoms with Crippen LogP contribution >= 0.6 is 11.6 Å². The van der Waals surface area contributed by atoms with E-state index in [9.17, 15) is 0 Å². The average molecular weight is 295 g/mol. The summed E-state index contributed by atoms with van der Waals surface area (Å²) in [4.78, 5) is 2.43. The lowest BCUT2D eigenvalue weighted by atomic mass is 9.69. The van der Waals surface area contributed by atoms with Crippen molar-refractivity contribution in [2.75, 3.05) is 21.1 Å². The summed E-state index contributed by atoms with van der Waals surface area (Å²) in [5.41, 5.74) is 1.53. The van der Waals surface area contributed by atoms with Crippen molar-refractivity contribution in [3.8, 4) is 0 Å². The van der Waals surface area contributed by atoms with Crippen molar-refractivity contribution in [1.29, 1.82) is 0 Å². The van der Waals surface area contributed by atoms with Gasteiger partial charge in [-0.1, -0.05) is 43.5 Å². The van der Waals surface area contributed by atoms with Gasteiger partial charge < -0.3 is 10.2 Å². The highest BCUT2D eigenvalue weighted by Crippen LogP contribution is 2.44. The topological polar surface area (TPSA) is 15.3 Å². The van der Waals surface area contributed by atoms with E-state index in [1.54, 1.807) is 0 Å². The first-order chi connectivity index (χ1) is 9.49. The van der Waals surface area contributed by atoms with Crippen LogP contribution in [0.3, 0.4) is 0 Å². The zero-order valence-electron chi connectivity index (χ0n) is 13.1. The molecule has 3 unspecified atom stereocenters. The highest BCUT2D eigenvalue weighted by Gasteiger charge is 2.43. The molecule has 1 saturated carbocycles. The normalized spacial score (nSPS) is 28.6. The molecule has 1 aromatic carbocycles. The molecule has 0 bridgehead atoms. The van der Waals surface area contributed by atoms with Crippen molar-refractivity contribution in [2.45, 2.75) is 44.2 Å². The van der Waals surface area contributed by atoms with Gasteiger partial charge in [0.1, 0.15) is 0 Å². The maximum Gasteiger partial charge on any atom is 0.0504 e. The minimum absolute atomic E-state index is 0.195. The van der Waals surface area contributed by atoms with Crippen molar-refractivity contribution >= 4 is 11.6 Å². The number of hydrogen-bond donors (Lipinski definition) is 1. The Balaban J connectivity index is 2.37. The summed E-state index contributed by atoms with van der Waals surface area (Å²) in [5.74, 6) is 0.786. The first-order valence-corrected chi connectivity index (χ1v) is 7.97. The molecule has 112 valence electrons. The Kier molecular flexibility index (Phi) is 5.11. The third-order valence-electron chi connectivity index (χ3n) is 4.93. The fraction of sp³-hybridized carbons (Fsp3) is 0.647. The SMILES string of the molecule is CNC(c1ccc(Cl)cc1)C1(N(C)C)CCCC(C)C1. The molecule has 1 aliphatic rings. The third kappa shape index (κ3) is 3.03. The molecule has 0 heterocycles. The molecule has 1 N–H and O–H groups in total. The van der Waals surface area contributed by atoms with Gasteiger partial charge in [-0.3, -0.25) is 0 Å². The summed E-state index contributed by atoms with van der Waals surface area (Å²) >= 11 is 6.03. The van der Waals surface area contributed by atoms with Crippen LogP contribution < -0.4 is 5.32 Å². The van der Waals surface area contributed by atoms with Crippen molar-refractivity contribution in [2.24, 2.45) is 5.92 Å². The fourth-order valence-corrected chi connectivity index (χ4v) is 4.02. The first-order valence-electron chi connectivity index (χ1n) is 7.60. The maximum atomic E-state index is 6.03. The minimum atomic E-state index is 0.195. The van der Waals surface area contributed by atoms with E-state index in [0.717, 1.165) is 10.9 Å². The predicted molar refractivity (Wildman–Crippen MR) is 87.3 cm³/mol. The van der Waals surface area contributed by atoms with Gasteiger partial charge in [-0.2, -0.15) is 0 Å². The fourth-order valence-electron chi connectivity index (χ4n) is 3.89. The molecule has 0 spiro atoms. The molecule has 0 aromatic heterocycles. The van der Waals surface area contributed by atoms with E-state index in [2.05, 4.69) is 50.4 Å². The highest BCUT2D eigenvalue weighted by molar-refractivity contribution is 6.30. The van der Waals surface area contributed by atoms with Crippen LogP contribution in [0, 0.1) is 5.92 Å². The Morgan fingerprint density at radius 2 is 1.95 bits per heavy atom. The molecule has 2 nitrogen and oxygen atoms in total. The van der Waals surface area contributed by atoms with E-state index in [-0.39, 0.29) is 5.54 Å². The van der Waals surface area contributed by atoms with Crippen LogP contribution in [0.5, 0.6) is 0 Å². The summed E-state index contributed by atoms with van der Waals surface area (Å²) in [6.07, 6.45) is 5.16. The molecular formula is C17H27ClN2. The molecule has 1 aliphatic carbocycles. The highest BCUT2D eigenvalue weighted by atomic mass is 35.5. The molecule has 3 heteroatoms. The van der Waals surface area contributed by atoms with Gasteiger partial charge in [0.05, 0.1) is 6.04 Å². The molecule has 1 fully saturated rings. The van der Waals surface area contributed by atoms with Crippen LogP contribution in [0.25, 0.3) is 0 Å². The molecule has 0 saturated heterocycles. The van der Waals surface area contributed by atoms with Gasteiger partial charge in [0.2, 0.25) is 0 Å². The predicted octanol–water partition coefficient (Wildman–Crippen LogP) is 4.11. The van der Waals surface area contributed by atoms with Crippen molar-refractivity contribution in [3.05, 3.63) is 34.9 Å². The average Bonchev–Trinajstić information content (AvgIpc) is 2.41. The molecular weight excluding hydrogens is 268 g/mol. The molecule has 3 atom stereocenters. The molecule has 2 rings (SSSR count). The van der Waals surface area contributed by atoms with Crippen LogP contribution in [-0.2, 0) is 0 Å². The molecule has 1 aromatic rings. The second-order valence-corrected chi connectivity index (χ2v) is 6.91. The van der Waals surface area contributed by atoms with E-state index in [1.165, 1.54) is 31.2 Å². The maximum absolute atomic E-state index is 6.03. The van der Waals surface area contributed by atoms with E-state index in [1.807, 2.05) is 12.1 Å². The number of rotatable bonds is 4. The summed E-state index contributed by atoms with van der Waals surface area (Å²) in [6, 6.07) is 8.66. The number of likely N-dealkylation sites (N-methyl/N-ethyl adjacent to an activating group) is 2. The third-order valence-corrected chi connectivity index (χ3v) is 5.18. The minimum Gasteiger partial charge on any atom is -0.311 e. The van der Waals surface area contributed by atoms with Gasteiger partial charge >= 0.3 is 0 Å². The second kappa shape index (κ2) is 6.46. The molecule has 0 aliphatic heterocycles. The number of nitrogens with one attached hydrogen (secondary N) is 1. The van der Waals surface area contributed by atoms with E-state index in [4.69, 9.17) is 11.6 Å². The lowest BCUT2D eigenvalue weighted by Gasteiger charge is -2.50. The molecule has 0 amide bonds. The second-order valence-electron chi connectivity index (χ2n) is 6.47. The standard InChI is InChI=1S/C17H27ClN2/c1-13-6-5-11-17(12-13,20(3)4)16(19-2)14-7-9-15(18)10-8-14/h7-10,13,16,19H,5-6,11-12H2,1-4H3. The Labute approximate surface area is 128 Å². The van der Waals surface area contributed by atoms with Gasteiger partial charge in [0.25, 0.3) is 0 Å². The van der Waals surface area contributed by atoms with Crippen LogP contribution in [-0.4, -0.2) is 31.6 Å². The number of hydrogen-bond acceptors (Lipinski definition) is 2. The monoisotopic (exact) mass is 294 g/mol. The van der Waals surface area contributed by atoms with Gasteiger partial charge in [-0.25, -0.2) is 0 Å². The van der Waals surface area contributed by atoms with Gasteiger partial charge in [0.15, 0.2) is 0 Å². The zero-order valence-corrected chi connectivity index (χ0v) is 13.9. The Morgan fingerprint density at radius 3 is 2.45 bits per heavy atom. The van der Waals surface area contributed by atoms with E-state index in [0.29, 0.717) is 6.04 Å². The summed E-state index contributed by atoms with van der Waals surface area (Å²) in [6.45, 7) is 2.38. The van der Waals surface area contributed by atoms with Gasteiger partial charge in [0, 0.05) is 10.6 Å². The Bertz CT molecular complexity index is 429. The van der Waals surface area contributed by atoms with Crippen molar-refractivity contribution in [3.63, 3.8) is 0 Å².